The van der Waals surface area contributed by atoms with Gasteiger partial charge in [0.15, 0.2) is 0 Å². The Labute approximate surface area is 97.3 Å². The molecule has 2 atom stereocenters. The number of aromatic nitrogens is 2. The van der Waals surface area contributed by atoms with Gasteiger partial charge >= 0.3 is 0 Å². The number of carbonyl (C=O) groups is 1. The van der Waals surface area contributed by atoms with Crippen molar-refractivity contribution < 1.29 is 19.3 Å². The Bertz CT molecular complexity index is 407. The predicted molar refractivity (Wildman–Crippen MR) is 56.0 cm³/mol. The average Bonchev–Trinajstić information content (AvgIpc) is 2.75. The third kappa shape index (κ3) is 2.22. The molecule has 8 heteroatoms. The van der Waals surface area contributed by atoms with Gasteiger partial charge in [-0.2, -0.15) is 0 Å². The highest BCUT2D eigenvalue weighted by Crippen LogP contribution is 2.16. The number of carbonyl (C=O) groups excluding carboxylic acids is 1. The number of nitrogens with two attached hydrogens (primary N) is 1. The molecule has 1 aliphatic rings. The van der Waals surface area contributed by atoms with Crippen molar-refractivity contribution in [1.82, 2.24) is 15.2 Å². The summed E-state index contributed by atoms with van der Waals surface area (Å²) in [6, 6.07) is -0.110. The van der Waals surface area contributed by atoms with Gasteiger partial charge in [0.05, 0.1) is 25.4 Å². The number of aliphatic hydroxyl groups is 1. The van der Waals surface area contributed by atoms with Gasteiger partial charge in [-0.15, -0.1) is 0 Å². The SMILES string of the molecule is CC1COC(CO)CN1C(=O)c1nonc1N. The smallest absolute Gasteiger partial charge is 0.280 e. The zero-order chi connectivity index (χ0) is 12.4. The van der Waals surface area contributed by atoms with Crippen molar-refractivity contribution in [1.29, 1.82) is 0 Å². The van der Waals surface area contributed by atoms with Crippen LogP contribution in [0.15, 0.2) is 4.63 Å². The third-order valence-corrected chi connectivity index (χ3v) is 2.69. The van der Waals surface area contributed by atoms with E-state index in [0.717, 1.165) is 0 Å². The average molecular weight is 242 g/mol. The monoisotopic (exact) mass is 242 g/mol. The van der Waals surface area contributed by atoms with E-state index >= 15 is 0 Å². The number of nitrogen functional groups attached to an aromatic ring is 1. The van der Waals surface area contributed by atoms with Crippen LogP contribution in [0.3, 0.4) is 0 Å². The van der Waals surface area contributed by atoms with Crippen LogP contribution in [0.4, 0.5) is 5.82 Å². The van der Waals surface area contributed by atoms with Crippen LogP contribution in [0, 0.1) is 0 Å². The van der Waals surface area contributed by atoms with E-state index in [1.54, 1.807) is 4.90 Å². The summed E-state index contributed by atoms with van der Waals surface area (Å²) in [6.07, 6.45) is -0.378. The molecular formula is C9H14N4O4. The first-order chi connectivity index (χ1) is 8.13. The van der Waals surface area contributed by atoms with E-state index in [1.807, 2.05) is 6.92 Å². The van der Waals surface area contributed by atoms with Crippen molar-refractivity contribution in [2.75, 3.05) is 25.5 Å². The van der Waals surface area contributed by atoms with Gasteiger partial charge in [-0.25, -0.2) is 4.63 Å². The van der Waals surface area contributed by atoms with E-state index < -0.39 is 0 Å². The topological polar surface area (TPSA) is 115 Å². The molecule has 0 bridgehead atoms. The van der Waals surface area contributed by atoms with Crippen molar-refractivity contribution in [3.05, 3.63) is 5.69 Å². The second-order valence-corrected chi connectivity index (χ2v) is 3.94. The van der Waals surface area contributed by atoms with E-state index in [4.69, 9.17) is 15.6 Å². The predicted octanol–water partition coefficient (Wildman–Crippen LogP) is -1.13. The molecule has 1 amide bonds. The van der Waals surface area contributed by atoms with Gasteiger partial charge in [0.2, 0.25) is 11.5 Å². The lowest BCUT2D eigenvalue weighted by atomic mass is 10.2. The van der Waals surface area contributed by atoms with E-state index in [2.05, 4.69) is 14.9 Å². The number of anilines is 1. The maximum atomic E-state index is 12.1. The maximum Gasteiger partial charge on any atom is 0.280 e. The molecule has 1 fully saturated rings. The van der Waals surface area contributed by atoms with Crippen molar-refractivity contribution in [2.24, 2.45) is 0 Å². The Balaban J connectivity index is 2.15. The van der Waals surface area contributed by atoms with Gasteiger partial charge in [0, 0.05) is 6.54 Å². The fourth-order valence-corrected chi connectivity index (χ4v) is 1.69. The van der Waals surface area contributed by atoms with Crippen LogP contribution < -0.4 is 5.73 Å². The summed E-state index contributed by atoms with van der Waals surface area (Å²) in [7, 11) is 0. The fraction of sp³-hybridized carbons (Fsp3) is 0.667. The van der Waals surface area contributed by atoms with Crippen molar-refractivity contribution in [2.45, 2.75) is 19.1 Å². The molecule has 0 aliphatic carbocycles. The highest BCUT2D eigenvalue weighted by molar-refractivity contribution is 5.96. The quantitative estimate of drug-likeness (QED) is 0.674. The molecule has 2 rings (SSSR count). The molecule has 0 radical (unpaired) electrons. The zero-order valence-corrected chi connectivity index (χ0v) is 9.37. The number of amides is 1. The molecule has 1 aromatic heterocycles. The molecule has 2 heterocycles. The van der Waals surface area contributed by atoms with E-state index in [1.165, 1.54) is 0 Å². The Morgan fingerprint density at radius 1 is 1.65 bits per heavy atom. The van der Waals surface area contributed by atoms with Crippen molar-refractivity contribution in [3.63, 3.8) is 0 Å². The minimum Gasteiger partial charge on any atom is -0.394 e. The van der Waals surface area contributed by atoms with Crippen LogP contribution in [0.25, 0.3) is 0 Å². The van der Waals surface area contributed by atoms with Crippen LogP contribution in [-0.4, -0.2) is 58.1 Å². The van der Waals surface area contributed by atoms with Crippen molar-refractivity contribution in [3.8, 4) is 0 Å². The molecule has 1 aromatic rings. The van der Waals surface area contributed by atoms with E-state index in [0.29, 0.717) is 13.2 Å². The molecule has 0 saturated carbocycles. The minimum atomic E-state index is -0.378. The van der Waals surface area contributed by atoms with Gasteiger partial charge in [-0.3, -0.25) is 4.79 Å². The fourth-order valence-electron chi connectivity index (χ4n) is 1.69. The first-order valence-corrected chi connectivity index (χ1v) is 5.25. The molecule has 0 spiro atoms. The Morgan fingerprint density at radius 2 is 2.41 bits per heavy atom. The van der Waals surface area contributed by atoms with Crippen LogP contribution >= 0.6 is 0 Å². The second-order valence-electron chi connectivity index (χ2n) is 3.94. The summed E-state index contributed by atoms with van der Waals surface area (Å²) < 4.78 is 9.73. The summed E-state index contributed by atoms with van der Waals surface area (Å²) in [5.41, 5.74) is 5.46. The number of hydrogen-bond donors (Lipinski definition) is 2. The lowest BCUT2D eigenvalue weighted by molar-refractivity contribution is -0.0669. The molecule has 1 saturated heterocycles. The molecular weight excluding hydrogens is 228 g/mol. The number of morpholine rings is 1. The van der Waals surface area contributed by atoms with Crippen LogP contribution in [0.2, 0.25) is 0 Å². The number of nitrogens with zero attached hydrogens (tertiary/aromatic N) is 3. The molecule has 3 N–H and O–H groups in total. The molecule has 17 heavy (non-hydrogen) atoms. The largest absolute Gasteiger partial charge is 0.394 e. The summed E-state index contributed by atoms with van der Waals surface area (Å²) in [5.74, 6) is -0.396. The van der Waals surface area contributed by atoms with E-state index in [-0.39, 0.29) is 36.2 Å². The highest BCUT2D eigenvalue weighted by Gasteiger charge is 2.32. The van der Waals surface area contributed by atoms with E-state index in [9.17, 15) is 4.79 Å². The Kier molecular flexibility index (Phi) is 3.25. The summed E-state index contributed by atoms with van der Waals surface area (Å²) in [6.45, 7) is 2.36. The summed E-state index contributed by atoms with van der Waals surface area (Å²) >= 11 is 0. The van der Waals surface area contributed by atoms with Crippen LogP contribution in [0.1, 0.15) is 17.4 Å². The van der Waals surface area contributed by atoms with Crippen molar-refractivity contribution >= 4 is 11.7 Å². The zero-order valence-electron chi connectivity index (χ0n) is 9.37. The number of ether oxygens (including phenoxy) is 1. The Morgan fingerprint density at radius 3 is 3.00 bits per heavy atom. The first kappa shape index (κ1) is 11.8. The third-order valence-electron chi connectivity index (χ3n) is 2.69. The van der Waals surface area contributed by atoms with Gasteiger partial charge in [0.25, 0.3) is 5.91 Å². The van der Waals surface area contributed by atoms with Gasteiger partial charge < -0.3 is 20.5 Å². The van der Waals surface area contributed by atoms with Crippen LogP contribution in [-0.2, 0) is 4.74 Å². The van der Waals surface area contributed by atoms with Crippen LogP contribution in [0.5, 0.6) is 0 Å². The molecule has 94 valence electrons. The number of aliphatic hydroxyl groups excluding tert-OH is 1. The highest BCUT2D eigenvalue weighted by atomic mass is 16.6. The van der Waals surface area contributed by atoms with Gasteiger partial charge in [-0.05, 0) is 17.2 Å². The first-order valence-electron chi connectivity index (χ1n) is 5.25. The minimum absolute atomic E-state index is 0.00422. The molecule has 1 aliphatic heterocycles. The summed E-state index contributed by atoms with van der Waals surface area (Å²) in [4.78, 5) is 13.6. The summed E-state index contributed by atoms with van der Waals surface area (Å²) in [5, 5.41) is 15.9. The lowest BCUT2D eigenvalue weighted by Gasteiger charge is -2.36. The Hall–Kier alpha value is -1.67. The number of hydrogen-bond acceptors (Lipinski definition) is 7. The maximum absolute atomic E-state index is 12.1. The standard InChI is InChI=1S/C9H14N4O4/c1-5-4-16-6(3-14)2-13(5)9(15)7-8(10)12-17-11-7/h5-6,14H,2-4H2,1H3,(H2,10,12). The lowest BCUT2D eigenvalue weighted by Crippen LogP contribution is -2.52. The number of rotatable bonds is 2. The molecule has 8 nitrogen and oxygen atoms in total. The van der Waals surface area contributed by atoms with Gasteiger partial charge in [0.1, 0.15) is 0 Å². The molecule has 0 aromatic carbocycles. The van der Waals surface area contributed by atoms with Gasteiger partial charge in [-0.1, -0.05) is 0 Å². The molecule has 2 unspecified atom stereocenters. The second kappa shape index (κ2) is 4.68. The normalized spacial score (nSPS) is 24.9.